The molecule has 4 heterocycles. The molecule has 8 aromatic rings. The fourth-order valence-corrected chi connectivity index (χ4v) is 20.6. The summed E-state index contributed by atoms with van der Waals surface area (Å²) in [5.41, 5.74) is 6.83. The van der Waals surface area contributed by atoms with Crippen molar-refractivity contribution in [3.63, 3.8) is 0 Å². The summed E-state index contributed by atoms with van der Waals surface area (Å²) in [6, 6.07) is 27.5. The van der Waals surface area contributed by atoms with Gasteiger partial charge in [-0.3, -0.25) is 61.9 Å². The first-order chi connectivity index (χ1) is 71.7. The number of carbonyl (C=O) groups excluding carboxylic acids is 6. The van der Waals surface area contributed by atoms with Gasteiger partial charge in [-0.05, 0) is 178 Å². The zero-order valence-electron chi connectivity index (χ0n) is 91.6. The van der Waals surface area contributed by atoms with Gasteiger partial charge in [-0.1, -0.05) is 227 Å². The Kier molecular flexibility index (Phi) is 50.0. The van der Waals surface area contributed by atoms with Gasteiger partial charge in [0.25, 0.3) is 23.6 Å². The molecule has 0 saturated heterocycles. The average Bonchev–Trinajstić information content (AvgIpc) is 1.65. The third-order valence-electron chi connectivity index (χ3n) is 29.7. The summed E-state index contributed by atoms with van der Waals surface area (Å²) in [5.74, 6) is 3.70. The van der Waals surface area contributed by atoms with Crippen LogP contribution in [0.3, 0.4) is 0 Å². The van der Waals surface area contributed by atoms with Crippen LogP contribution in [-0.2, 0) is 48.3 Å². The highest BCUT2D eigenvalue weighted by Crippen LogP contribution is 2.46. The van der Waals surface area contributed by atoms with Crippen LogP contribution in [0.4, 0.5) is 0 Å². The highest BCUT2D eigenvalue weighted by atomic mass is 16.5. The zero-order valence-corrected chi connectivity index (χ0v) is 91.6. The molecular weight excluding hydrogens is 1900 g/mol. The van der Waals surface area contributed by atoms with Crippen molar-refractivity contribution in [1.29, 1.82) is 0 Å². The number of hydrogen-bond acceptors (Lipinski definition) is 22. The molecule has 0 bridgehead atoms. The molecule has 4 aliphatic rings. The molecule has 4 fully saturated rings. The fraction of sp³-hybridized carbons (Fsp3) is 0.609. The molecule has 8 N–H and O–H groups in total. The van der Waals surface area contributed by atoms with Gasteiger partial charge in [0.1, 0.15) is 52.5 Å². The van der Waals surface area contributed by atoms with E-state index in [4.69, 9.17) is 43.0 Å². The number of benzene rings is 4. The van der Waals surface area contributed by atoms with Crippen molar-refractivity contribution in [3.8, 4) is 91.0 Å². The number of amides is 5. The highest BCUT2D eigenvalue weighted by Gasteiger charge is 2.34. The maximum Gasteiger partial charge on any atom is 0.325 e. The summed E-state index contributed by atoms with van der Waals surface area (Å²) >= 11 is 0. The Bertz CT molecular complexity index is 5450. The lowest BCUT2D eigenvalue weighted by Gasteiger charge is -2.24. The largest absolute Gasteiger partial charge is 0.496 e. The second kappa shape index (κ2) is 62.1. The minimum atomic E-state index is -0.914. The third-order valence-corrected chi connectivity index (χ3v) is 29.7. The molecule has 0 aliphatic heterocycles. The van der Waals surface area contributed by atoms with E-state index in [1.807, 2.05) is 86.8 Å². The van der Waals surface area contributed by atoms with E-state index >= 15 is 0 Å². The van der Waals surface area contributed by atoms with Gasteiger partial charge < -0.3 is 84.5 Å². The second-order valence-corrected chi connectivity index (χ2v) is 41.2. The maximum absolute atomic E-state index is 13.5. The SMILES string of the molecule is CCC(C)Cn1nc(C(=O)N[C@@H](CCC2CCCCC2)CC(=O)O)cc1-c1c(OC)cccc1OC.CCC(CC)Cn1nc(C(=O)N[C@@H](CCC2CCCCC2)CC(=O)O)cc1-c1c(OC)cccc1OC.COC(=O)CNC(=O)C[C@H](CCC1CCCCC1)NC(=O)c1cc(-c2c(OC)cccc2OC)n(CC(C)C)n1.COc1cccc(OC)c1-c1cc(C(=O)N[C@@H](CCC2CCCCC2)CC(=O)O)nn1C(C)C(C)C. The summed E-state index contributed by atoms with van der Waals surface area (Å²) in [7, 11) is 14.1. The molecule has 0 spiro atoms. The lowest BCUT2D eigenvalue weighted by molar-refractivity contribution is -0.141. The maximum atomic E-state index is 13.5. The standard InChI is InChI=1S/C30H44N4O6.C29H43N3O5.2C28H41N3O5/c1-20(2)19-34-24(29-25(38-3)12-9-13-26(29)39-4)17-23(33-34)30(37)32-22(15-14-21-10-7-6-8-11-21)16-27(35)31-18-28(36)40-5;1-5-20(6-2)19-32-24(28-25(36-3)13-10-14-26(28)37-4)18-23(31-32)29(35)30-22(17-27(33)34)16-15-21-11-8-7-9-12-21;1-18(2)19(3)31-23(27-24(35-4)12-9-13-25(27)36-5)17-22(30-31)28(34)29-21(16-26(32)33)15-14-20-10-7-6-8-11-20;1-5-19(2)18-31-23(27-24(35-3)12-9-13-25(27)36-4)17-22(30-31)28(34)29-21(16-26(32)33)15-14-20-10-7-6-8-11-20/h9,12-13,17,20-22H,6-8,10-11,14-16,18-19H2,1-5H3,(H,31,35)(H,32,37);10,13-14,18,20-22H,5-9,11-12,15-17,19H2,1-4H3,(H,30,35)(H,33,34);9,12-13,17-21H,6-8,10-11,14-16H2,1-5H3,(H,29,34)(H,32,33);9,12-13,17,19-21H,5-8,10-11,14-16,18H2,1-4H3,(H,29,34)(H,32,33)/t2*22-;2*19?,21-/m0000/s1. The zero-order chi connectivity index (χ0) is 108. The molecule has 6 atom stereocenters. The van der Waals surface area contributed by atoms with Crippen LogP contribution in [0.25, 0.3) is 45.0 Å². The quantitative estimate of drug-likeness (QED) is 0.0164. The van der Waals surface area contributed by atoms with Gasteiger partial charge in [0.05, 0.1) is 134 Å². The summed E-state index contributed by atoms with van der Waals surface area (Å²) in [4.78, 5) is 112. The van der Waals surface area contributed by atoms with Gasteiger partial charge in [-0.15, -0.1) is 0 Å². The summed E-state index contributed by atoms with van der Waals surface area (Å²) in [6.45, 7) is 20.6. The van der Waals surface area contributed by atoms with Crippen molar-refractivity contribution in [3.05, 3.63) is 120 Å². The number of methoxy groups -OCH3 is 9. The van der Waals surface area contributed by atoms with Gasteiger partial charge in [-0.2, -0.15) is 20.4 Å². The summed E-state index contributed by atoms with van der Waals surface area (Å²) in [6.07, 6.45) is 33.6. The lowest BCUT2D eigenvalue weighted by Crippen LogP contribution is -2.40. The van der Waals surface area contributed by atoms with E-state index in [2.05, 4.69) is 109 Å². The summed E-state index contributed by atoms with van der Waals surface area (Å²) < 4.78 is 56.9. The molecule has 4 aromatic carbocycles. The van der Waals surface area contributed by atoms with Crippen molar-refractivity contribution in [2.75, 3.05) is 70.5 Å². The van der Waals surface area contributed by atoms with Crippen LogP contribution in [0.5, 0.6) is 46.0 Å². The minimum absolute atomic E-state index is 0.00251. The molecule has 34 nitrogen and oxygen atoms in total. The van der Waals surface area contributed by atoms with Crippen molar-refractivity contribution >= 4 is 53.4 Å². The van der Waals surface area contributed by atoms with E-state index in [9.17, 15) is 58.5 Å². The third kappa shape index (κ3) is 36.6. The van der Waals surface area contributed by atoms with Gasteiger partial charge in [-0.25, -0.2) is 0 Å². The molecule has 2 unspecified atom stereocenters. The van der Waals surface area contributed by atoms with Crippen molar-refractivity contribution in [1.82, 2.24) is 65.7 Å². The molecule has 5 amide bonds. The van der Waals surface area contributed by atoms with Crippen LogP contribution in [0.2, 0.25) is 0 Å². The number of aromatic nitrogens is 8. The number of ether oxygens (including phenoxy) is 9. The normalized spacial score (nSPS) is 15.3. The van der Waals surface area contributed by atoms with Crippen LogP contribution >= 0.6 is 0 Å². The van der Waals surface area contributed by atoms with Crippen LogP contribution in [0.15, 0.2) is 97.1 Å². The smallest absolute Gasteiger partial charge is 0.325 e. The number of carbonyl (C=O) groups is 9. The first-order valence-corrected chi connectivity index (χ1v) is 54.2. The molecule has 12 rings (SSSR count). The molecule has 149 heavy (non-hydrogen) atoms. The lowest BCUT2D eigenvalue weighted by atomic mass is 9.85. The van der Waals surface area contributed by atoms with Gasteiger partial charge in [0.15, 0.2) is 22.8 Å². The first-order valence-electron chi connectivity index (χ1n) is 54.2. The molecule has 4 saturated carbocycles. The van der Waals surface area contributed by atoms with E-state index in [0.717, 1.165) is 78.6 Å². The van der Waals surface area contributed by atoms with Crippen LogP contribution in [-0.4, -0.2) is 203 Å². The predicted molar refractivity (Wildman–Crippen MR) is 576 cm³/mol. The van der Waals surface area contributed by atoms with Crippen LogP contribution in [0, 0.1) is 47.3 Å². The molecule has 820 valence electrons. The Hall–Kier alpha value is -12.7. The van der Waals surface area contributed by atoms with Crippen molar-refractivity contribution in [2.24, 2.45) is 47.3 Å². The number of aliphatic carboxylic acids is 3. The minimum Gasteiger partial charge on any atom is -0.496 e. The average molecular weight is 2070 g/mol. The number of rotatable bonds is 53. The van der Waals surface area contributed by atoms with Crippen molar-refractivity contribution < 1.29 is 101 Å². The topological polar surface area (TPSA) is 429 Å². The fourth-order valence-electron chi connectivity index (χ4n) is 20.6. The second-order valence-electron chi connectivity index (χ2n) is 41.2. The number of esters is 1. The van der Waals surface area contributed by atoms with E-state index in [1.54, 1.807) is 85.8 Å². The Labute approximate surface area is 881 Å². The first kappa shape index (κ1) is 120. The molecule has 34 heteroatoms. The van der Waals surface area contributed by atoms with Gasteiger partial charge in [0.2, 0.25) is 5.91 Å². The van der Waals surface area contributed by atoms with Crippen molar-refractivity contribution in [2.45, 2.75) is 337 Å². The van der Waals surface area contributed by atoms with E-state index in [-0.39, 0.29) is 102 Å². The van der Waals surface area contributed by atoms with E-state index in [1.165, 1.54) is 136 Å². The monoisotopic (exact) mass is 2070 g/mol. The number of nitrogens with one attached hydrogen (secondary N) is 5. The Balaban J connectivity index is 0.000000221. The predicted octanol–water partition coefficient (Wildman–Crippen LogP) is 21.6. The number of hydrogen-bond donors (Lipinski definition) is 8. The number of nitrogens with zero attached hydrogens (tertiary/aromatic N) is 8. The number of carboxylic acids is 3. The summed E-state index contributed by atoms with van der Waals surface area (Å²) in [5, 5.41) is 61.6. The van der Waals surface area contributed by atoms with Crippen LogP contribution < -0.4 is 64.5 Å². The Morgan fingerprint density at radius 3 is 0.879 bits per heavy atom. The molecule has 4 aromatic heterocycles. The molecular formula is C115H169N13O21. The van der Waals surface area contributed by atoms with Crippen LogP contribution in [0.1, 0.15) is 335 Å². The highest BCUT2D eigenvalue weighted by molar-refractivity contribution is 5.97. The Morgan fingerprint density at radius 1 is 0.349 bits per heavy atom. The number of carboxylic acid groups (broad SMARTS) is 3. The molecule has 4 aliphatic carbocycles. The van der Waals surface area contributed by atoms with E-state index in [0.29, 0.717) is 138 Å². The van der Waals surface area contributed by atoms with Gasteiger partial charge in [0, 0.05) is 50.2 Å². The van der Waals surface area contributed by atoms with E-state index < -0.39 is 48.0 Å². The molecule has 0 radical (unpaired) electrons. The Morgan fingerprint density at radius 2 is 0.617 bits per heavy atom. The van der Waals surface area contributed by atoms with Gasteiger partial charge >= 0.3 is 23.9 Å².